The van der Waals surface area contributed by atoms with Crippen LogP contribution in [-0.4, -0.2) is 10.9 Å². The fourth-order valence-electron chi connectivity index (χ4n) is 2.90. The third-order valence-electron chi connectivity index (χ3n) is 4.61. The van der Waals surface area contributed by atoms with Crippen LogP contribution in [0.5, 0.6) is 5.75 Å². The zero-order chi connectivity index (χ0) is 20.5. The lowest BCUT2D eigenvalue weighted by Gasteiger charge is -2.15. The number of aryl methyl sites for hydroxylation is 1. The Balaban J connectivity index is 1.46. The summed E-state index contributed by atoms with van der Waals surface area (Å²) < 4.78 is 5.76. The van der Waals surface area contributed by atoms with Gasteiger partial charge in [0.15, 0.2) is 0 Å². The van der Waals surface area contributed by atoms with Crippen molar-refractivity contribution < 1.29 is 9.53 Å². The Bertz CT molecular complexity index is 962. The van der Waals surface area contributed by atoms with Crippen molar-refractivity contribution in [3.63, 3.8) is 0 Å². The molecular weight excluding hydrogens is 362 g/mol. The van der Waals surface area contributed by atoms with Crippen molar-refractivity contribution in [3.8, 4) is 11.8 Å². The van der Waals surface area contributed by atoms with Gasteiger partial charge in [0.2, 0.25) is 5.91 Å². The van der Waals surface area contributed by atoms with Crippen molar-refractivity contribution in [1.29, 1.82) is 5.26 Å². The molecule has 0 saturated heterocycles. The monoisotopic (exact) mass is 385 g/mol. The average Bonchev–Trinajstić information content (AvgIpc) is 2.77. The summed E-state index contributed by atoms with van der Waals surface area (Å²) in [5, 5.41) is 11.9. The van der Waals surface area contributed by atoms with Crippen molar-refractivity contribution in [2.45, 2.75) is 32.4 Å². The highest BCUT2D eigenvalue weighted by Crippen LogP contribution is 2.19. The van der Waals surface area contributed by atoms with Gasteiger partial charge in [0, 0.05) is 24.4 Å². The van der Waals surface area contributed by atoms with E-state index in [1.165, 1.54) is 0 Å². The van der Waals surface area contributed by atoms with Crippen LogP contribution in [0, 0.1) is 11.3 Å². The Kier molecular flexibility index (Phi) is 6.96. The molecule has 1 unspecified atom stereocenters. The van der Waals surface area contributed by atoms with Crippen LogP contribution in [0.25, 0.3) is 0 Å². The third-order valence-corrected chi connectivity index (χ3v) is 4.61. The average molecular weight is 385 g/mol. The fourth-order valence-corrected chi connectivity index (χ4v) is 2.90. The summed E-state index contributed by atoms with van der Waals surface area (Å²) in [5.41, 5.74) is 3.70. The van der Waals surface area contributed by atoms with Gasteiger partial charge in [-0.25, -0.2) is 0 Å². The molecule has 1 aromatic heterocycles. The molecular formula is C24H23N3O2. The van der Waals surface area contributed by atoms with Gasteiger partial charge in [-0.1, -0.05) is 30.3 Å². The van der Waals surface area contributed by atoms with E-state index in [9.17, 15) is 4.79 Å². The molecule has 0 aliphatic rings. The normalized spacial score (nSPS) is 11.3. The lowest BCUT2D eigenvalue weighted by atomic mass is 10.1. The number of nitrogens with one attached hydrogen (secondary N) is 1. The molecule has 0 saturated carbocycles. The highest BCUT2D eigenvalue weighted by Gasteiger charge is 2.10. The third kappa shape index (κ3) is 6.18. The molecule has 5 nitrogen and oxygen atoms in total. The molecule has 0 spiro atoms. The standard InChI is InChI=1S/C24H23N3O2/c1-18(27-24(28)13-8-19-4-6-20(15-25)7-5-19)22-9-11-23(12-10-22)29-17-21-3-2-14-26-16-21/h2-7,9-12,14,16,18H,8,13,17H2,1H3,(H,27,28). The minimum atomic E-state index is -0.0872. The molecule has 5 heteroatoms. The van der Waals surface area contributed by atoms with E-state index in [2.05, 4.69) is 16.4 Å². The summed E-state index contributed by atoms with van der Waals surface area (Å²) >= 11 is 0. The summed E-state index contributed by atoms with van der Waals surface area (Å²) in [4.78, 5) is 16.3. The number of amides is 1. The molecule has 1 heterocycles. The van der Waals surface area contributed by atoms with Gasteiger partial charge in [0.1, 0.15) is 12.4 Å². The van der Waals surface area contributed by atoms with E-state index in [-0.39, 0.29) is 11.9 Å². The van der Waals surface area contributed by atoms with Crippen LogP contribution in [0.1, 0.15) is 41.6 Å². The molecule has 1 N–H and O–H groups in total. The number of hydrogen-bond acceptors (Lipinski definition) is 4. The Morgan fingerprint density at radius 3 is 2.52 bits per heavy atom. The van der Waals surface area contributed by atoms with Crippen LogP contribution in [0.3, 0.4) is 0 Å². The van der Waals surface area contributed by atoms with E-state index in [0.29, 0.717) is 25.0 Å². The van der Waals surface area contributed by atoms with E-state index < -0.39 is 0 Å². The van der Waals surface area contributed by atoms with Crippen LogP contribution >= 0.6 is 0 Å². The summed E-state index contributed by atoms with van der Waals surface area (Å²) in [7, 11) is 0. The molecule has 1 atom stereocenters. The zero-order valence-corrected chi connectivity index (χ0v) is 16.3. The van der Waals surface area contributed by atoms with Gasteiger partial charge in [-0.15, -0.1) is 0 Å². The largest absolute Gasteiger partial charge is 0.489 e. The van der Waals surface area contributed by atoms with E-state index in [1.807, 2.05) is 55.5 Å². The van der Waals surface area contributed by atoms with Gasteiger partial charge < -0.3 is 10.1 Å². The van der Waals surface area contributed by atoms with Crippen LogP contribution in [0.15, 0.2) is 73.1 Å². The minimum Gasteiger partial charge on any atom is -0.489 e. The van der Waals surface area contributed by atoms with Gasteiger partial charge in [0.05, 0.1) is 17.7 Å². The van der Waals surface area contributed by atoms with Crippen LogP contribution in [-0.2, 0) is 17.8 Å². The predicted octanol–water partition coefficient (Wildman–Crippen LogP) is 4.34. The predicted molar refractivity (Wildman–Crippen MR) is 111 cm³/mol. The van der Waals surface area contributed by atoms with E-state index in [1.54, 1.807) is 24.5 Å². The summed E-state index contributed by atoms with van der Waals surface area (Å²) in [6, 6.07) is 20.9. The minimum absolute atomic E-state index is 0.00114. The van der Waals surface area contributed by atoms with Gasteiger partial charge in [0.25, 0.3) is 0 Å². The Labute approximate surface area is 171 Å². The quantitative estimate of drug-likeness (QED) is 0.626. The van der Waals surface area contributed by atoms with Crippen LogP contribution in [0.2, 0.25) is 0 Å². The number of rotatable bonds is 8. The first kappa shape index (κ1) is 20.1. The van der Waals surface area contributed by atoms with Crippen LogP contribution in [0.4, 0.5) is 0 Å². The highest BCUT2D eigenvalue weighted by molar-refractivity contribution is 5.76. The summed E-state index contributed by atoms with van der Waals surface area (Å²) in [6.45, 7) is 2.43. The Morgan fingerprint density at radius 2 is 1.86 bits per heavy atom. The second-order valence-electron chi connectivity index (χ2n) is 6.82. The smallest absolute Gasteiger partial charge is 0.220 e. The van der Waals surface area contributed by atoms with Gasteiger partial charge in [-0.3, -0.25) is 9.78 Å². The number of benzene rings is 2. The number of hydrogen-bond donors (Lipinski definition) is 1. The molecule has 0 radical (unpaired) electrons. The molecule has 2 aromatic carbocycles. The molecule has 1 amide bonds. The van der Waals surface area contributed by atoms with Crippen molar-refractivity contribution in [1.82, 2.24) is 10.3 Å². The second kappa shape index (κ2) is 10.0. The number of ether oxygens (including phenoxy) is 1. The number of nitrogens with zero attached hydrogens (tertiary/aromatic N) is 2. The van der Waals surface area contributed by atoms with Crippen molar-refractivity contribution in [3.05, 3.63) is 95.3 Å². The van der Waals surface area contributed by atoms with E-state index in [4.69, 9.17) is 10.00 Å². The molecule has 3 aromatic rings. The van der Waals surface area contributed by atoms with Gasteiger partial charge in [-0.05, 0) is 54.8 Å². The van der Waals surface area contributed by atoms with Gasteiger partial charge >= 0.3 is 0 Å². The second-order valence-corrected chi connectivity index (χ2v) is 6.82. The van der Waals surface area contributed by atoms with E-state index in [0.717, 1.165) is 22.4 Å². The molecule has 29 heavy (non-hydrogen) atoms. The Morgan fingerprint density at radius 1 is 1.10 bits per heavy atom. The van der Waals surface area contributed by atoms with Crippen LogP contribution < -0.4 is 10.1 Å². The van der Waals surface area contributed by atoms with Crippen molar-refractivity contribution in [2.24, 2.45) is 0 Å². The molecule has 0 bridgehead atoms. The molecule has 0 fully saturated rings. The van der Waals surface area contributed by atoms with Gasteiger partial charge in [-0.2, -0.15) is 5.26 Å². The number of carbonyl (C=O) groups excluding carboxylic acids is 1. The molecule has 3 rings (SSSR count). The lowest BCUT2D eigenvalue weighted by molar-refractivity contribution is -0.121. The maximum Gasteiger partial charge on any atom is 0.220 e. The maximum atomic E-state index is 12.3. The first-order valence-electron chi connectivity index (χ1n) is 9.54. The lowest BCUT2D eigenvalue weighted by Crippen LogP contribution is -2.26. The van der Waals surface area contributed by atoms with Crippen molar-refractivity contribution >= 4 is 5.91 Å². The topological polar surface area (TPSA) is 75.0 Å². The summed E-state index contributed by atoms with van der Waals surface area (Å²) in [5.74, 6) is 0.774. The highest BCUT2D eigenvalue weighted by atomic mass is 16.5. The zero-order valence-electron chi connectivity index (χ0n) is 16.3. The number of nitriles is 1. The molecule has 146 valence electrons. The van der Waals surface area contributed by atoms with E-state index >= 15 is 0 Å². The Hall–Kier alpha value is -3.65. The molecule has 0 aliphatic carbocycles. The number of pyridine rings is 1. The first-order chi connectivity index (χ1) is 14.1. The fraction of sp³-hybridized carbons (Fsp3) is 0.208. The van der Waals surface area contributed by atoms with Crippen molar-refractivity contribution in [2.75, 3.05) is 0 Å². The SMILES string of the molecule is CC(NC(=O)CCc1ccc(C#N)cc1)c1ccc(OCc2cccnc2)cc1. The molecule has 0 aliphatic heterocycles. The first-order valence-corrected chi connectivity index (χ1v) is 9.54. The summed E-state index contributed by atoms with van der Waals surface area (Å²) in [6.07, 6.45) is 4.57. The number of aromatic nitrogens is 1. The maximum absolute atomic E-state index is 12.3. The number of carbonyl (C=O) groups is 1.